The van der Waals surface area contributed by atoms with E-state index in [0.717, 1.165) is 9.13 Å². The van der Waals surface area contributed by atoms with Gasteiger partial charge in [0.25, 0.3) is 0 Å². The maximum Gasteiger partial charge on any atom is 0.146 e. The first-order valence-electron chi connectivity index (χ1n) is 2.82. The van der Waals surface area contributed by atoms with Gasteiger partial charge in [-0.3, -0.25) is 0 Å². The summed E-state index contributed by atoms with van der Waals surface area (Å²) in [6.45, 7) is 1.85. The van der Waals surface area contributed by atoms with Gasteiger partial charge in [-0.15, -0.1) is 0 Å². The lowest BCUT2D eigenvalue weighted by Crippen LogP contribution is -1.92. The van der Waals surface area contributed by atoms with Gasteiger partial charge in [0.15, 0.2) is 0 Å². The minimum absolute atomic E-state index is 0.218. The molecule has 0 amide bonds. The summed E-state index contributed by atoms with van der Waals surface area (Å²) in [5, 5.41) is 0. The van der Waals surface area contributed by atoms with E-state index in [-0.39, 0.29) is 11.5 Å². The van der Waals surface area contributed by atoms with Gasteiger partial charge >= 0.3 is 0 Å². The van der Waals surface area contributed by atoms with Crippen molar-refractivity contribution in [1.29, 1.82) is 0 Å². The summed E-state index contributed by atoms with van der Waals surface area (Å²) < 4.78 is 13.6. The quantitative estimate of drug-likeness (QED) is 0.555. The van der Waals surface area contributed by atoms with Crippen molar-refractivity contribution in [3.05, 3.63) is 27.1 Å². The fourth-order valence-corrected chi connectivity index (χ4v) is 1.15. The lowest BCUT2D eigenvalue weighted by atomic mass is 10.2. The molecule has 0 fully saturated rings. The number of hydrogen-bond donors (Lipinski definition) is 1. The van der Waals surface area contributed by atoms with Crippen molar-refractivity contribution in [2.45, 2.75) is 6.92 Å². The Bertz CT molecular complexity index is 210. The highest BCUT2D eigenvalue weighted by atomic mass is 127. The molecule has 0 aromatic heterocycles. The molecule has 1 aromatic carbocycles. The maximum absolute atomic E-state index is 12.6. The molecule has 0 spiro atoms. The Hall–Kier alpha value is -0.320. The molecule has 0 aliphatic carbocycles. The molecular formula is C7H7FIN. The van der Waals surface area contributed by atoms with Gasteiger partial charge < -0.3 is 5.73 Å². The zero-order chi connectivity index (χ0) is 7.72. The topological polar surface area (TPSA) is 26.0 Å². The lowest BCUT2D eigenvalue weighted by molar-refractivity contribution is 0.631. The van der Waals surface area contributed by atoms with Gasteiger partial charge in [0.2, 0.25) is 0 Å². The summed E-state index contributed by atoms with van der Waals surface area (Å²) in [5.74, 6) is -0.335. The maximum atomic E-state index is 12.6. The Balaban J connectivity index is 3.28. The molecule has 1 rings (SSSR count). The van der Waals surface area contributed by atoms with Crippen LogP contribution in [0.5, 0.6) is 0 Å². The van der Waals surface area contributed by atoms with Crippen LogP contribution in [0.2, 0.25) is 0 Å². The van der Waals surface area contributed by atoms with Crippen LogP contribution < -0.4 is 5.73 Å². The molecule has 0 atom stereocenters. The number of aryl methyl sites for hydroxylation is 1. The van der Waals surface area contributed by atoms with Gasteiger partial charge in [-0.05, 0) is 47.2 Å². The summed E-state index contributed by atoms with van der Waals surface area (Å²) in [6.07, 6.45) is 0. The number of nitrogens with two attached hydrogens (primary N) is 1. The molecule has 54 valence electrons. The van der Waals surface area contributed by atoms with Crippen LogP contribution in [0.1, 0.15) is 5.56 Å². The molecule has 0 aliphatic heterocycles. The molecule has 0 unspecified atom stereocenters. The van der Waals surface area contributed by atoms with Gasteiger partial charge in [-0.25, -0.2) is 4.39 Å². The summed E-state index contributed by atoms with van der Waals surface area (Å²) in [4.78, 5) is 0. The molecule has 2 N–H and O–H groups in total. The zero-order valence-electron chi connectivity index (χ0n) is 5.49. The lowest BCUT2D eigenvalue weighted by Gasteiger charge is -1.99. The molecule has 0 heterocycles. The second kappa shape index (κ2) is 2.74. The van der Waals surface area contributed by atoms with Crippen molar-refractivity contribution in [1.82, 2.24) is 0 Å². The van der Waals surface area contributed by atoms with Gasteiger partial charge in [0.05, 0.1) is 5.69 Å². The molecule has 0 saturated carbocycles. The smallest absolute Gasteiger partial charge is 0.146 e. The van der Waals surface area contributed by atoms with Gasteiger partial charge in [-0.1, -0.05) is 0 Å². The van der Waals surface area contributed by atoms with E-state index in [1.165, 1.54) is 6.07 Å². The van der Waals surface area contributed by atoms with Crippen molar-refractivity contribution in [3.8, 4) is 0 Å². The second-order valence-electron chi connectivity index (χ2n) is 2.12. The monoisotopic (exact) mass is 251 g/mol. The first-order valence-corrected chi connectivity index (χ1v) is 3.90. The Morgan fingerprint density at radius 3 is 2.60 bits per heavy atom. The highest BCUT2D eigenvalue weighted by Gasteiger charge is 2.00. The highest BCUT2D eigenvalue weighted by Crippen LogP contribution is 2.18. The third kappa shape index (κ3) is 1.39. The average molecular weight is 251 g/mol. The predicted octanol–water partition coefficient (Wildman–Crippen LogP) is 2.32. The van der Waals surface area contributed by atoms with E-state index in [1.807, 2.05) is 6.92 Å². The van der Waals surface area contributed by atoms with Crippen LogP contribution in [-0.4, -0.2) is 0 Å². The number of nitrogen functional groups attached to an aromatic ring is 1. The molecule has 0 saturated heterocycles. The number of hydrogen-bond acceptors (Lipinski definition) is 1. The summed E-state index contributed by atoms with van der Waals surface area (Å²) in [7, 11) is 0. The SMILES string of the molecule is Cc1cc(F)c(N)cc1I. The van der Waals surface area contributed by atoms with Crippen LogP contribution >= 0.6 is 22.6 Å². The van der Waals surface area contributed by atoms with E-state index in [9.17, 15) is 4.39 Å². The average Bonchev–Trinajstić information content (AvgIpc) is 1.84. The summed E-state index contributed by atoms with van der Waals surface area (Å²) in [5.41, 5.74) is 6.45. The van der Waals surface area contributed by atoms with E-state index in [2.05, 4.69) is 22.6 Å². The van der Waals surface area contributed by atoms with Gasteiger partial charge in [0.1, 0.15) is 5.82 Å². The van der Waals surface area contributed by atoms with Crippen LogP contribution in [0.4, 0.5) is 10.1 Å². The number of anilines is 1. The largest absolute Gasteiger partial charge is 0.396 e. The van der Waals surface area contributed by atoms with Crippen LogP contribution in [0.25, 0.3) is 0 Å². The van der Waals surface area contributed by atoms with E-state index >= 15 is 0 Å². The number of rotatable bonds is 0. The standard InChI is InChI=1S/C7H7FIN/c1-4-2-5(8)7(10)3-6(4)9/h2-3H,10H2,1H3. The number of halogens is 2. The van der Waals surface area contributed by atoms with E-state index < -0.39 is 0 Å². The number of benzene rings is 1. The van der Waals surface area contributed by atoms with E-state index in [1.54, 1.807) is 6.07 Å². The third-order valence-corrected chi connectivity index (χ3v) is 2.44. The highest BCUT2D eigenvalue weighted by molar-refractivity contribution is 14.1. The van der Waals surface area contributed by atoms with E-state index in [4.69, 9.17) is 5.73 Å². The molecule has 10 heavy (non-hydrogen) atoms. The Kier molecular flexibility index (Phi) is 2.13. The van der Waals surface area contributed by atoms with Gasteiger partial charge in [-0.2, -0.15) is 0 Å². The molecule has 0 bridgehead atoms. The van der Waals surface area contributed by atoms with Crippen LogP contribution in [0, 0.1) is 16.3 Å². The second-order valence-corrected chi connectivity index (χ2v) is 3.29. The van der Waals surface area contributed by atoms with Crippen molar-refractivity contribution >= 4 is 28.3 Å². The minimum atomic E-state index is -0.335. The van der Waals surface area contributed by atoms with Crippen molar-refractivity contribution in [2.24, 2.45) is 0 Å². The first kappa shape index (κ1) is 7.78. The van der Waals surface area contributed by atoms with Crippen molar-refractivity contribution in [3.63, 3.8) is 0 Å². The molecule has 3 heteroatoms. The van der Waals surface area contributed by atoms with Crippen molar-refractivity contribution < 1.29 is 4.39 Å². The zero-order valence-corrected chi connectivity index (χ0v) is 7.65. The molecule has 1 aromatic rings. The fraction of sp³-hybridized carbons (Fsp3) is 0.143. The summed E-state index contributed by atoms with van der Waals surface area (Å²) >= 11 is 2.12. The fourth-order valence-electron chi connectivity index (χ4n) is 0.662. The Morgan fingerprint density at radius 2 is 2.10 bits per heavy atom. The minimum Gasteiger partial charge on any atom is -0.396 e. The van der Waals surface area contributed by atoms with E-state index in [0.29, 0.717) is 0 Å². The van der Waals surface area contributed by atoms with Gasteiger partial charge in [0, 0.05) is 3.57 Å². The van der Waals surface area contributed by atoms with Crippen molar-refractivity contribution in [2.75, 3.05) is 5.73 Å². The Morgan fingerprint density at radius 1 is 1.50 bits per heavy atom. The van der Waals surface area contributed by atoms with Crippen LogP contribution in [0.15, 0.2) is 12.1 Å². The van der Waals surface area contributed by atoms with Crippen LogP contribution in [0.3, 0.4) is 0 Å². The molecule has 0 radical (unpaired) electrons. The normalized spacial score (nSPS) is 9.90. The first-order chi connectivity index (χ1) is 4.61. The molecule has 0 aliphatic rings. The molecule has 1 nitrogen and oxygen atoms in total. The van der Waals surface area contributed by atoms with Crippen LogP contribution in [-0.2, 0) is 0 Å². The predicted molar refractivity (Wildman–Crippen MR) is 48.3 cm³/mol. The molecular weight excluding hydrogens is 244 g/mol. The third-order valence-electron chi connectivity index (χ3n) is 1.28. The Labute approximate surface area is 72.6 Å². The summed E-state index contributed by atoms with van der Waals surface area (Å²) in [6, 6.07) is 3.07.